The molecular weight excluding hydrogens is 302 g/mol. The Morgan fingerprint density at radius 3 is 2.58 bits per heavy atom. The number of hydrogen-bond acceptors (Lipinski definition) is 4. The lowest BCUT2D eigenvalue weighted by atomic mass is 9.81. The van der Waals surface area contributed by atoms with Crippen molar-refractivity contribution >= 4 is 11.8 Å². The van der Waals surface area contributed by atoms with Crippen molar-refractivity contribution in [2.75, 3.05) is 6.61 Å². The van der Waals surface area contributed by atoms with E-state index in [9.17, 15) is 9.59 Å². The molecule has 0 radical (unpaired) electrons. The third-order valence-corrected chi connectivity index (χ3v) is 5.28. The van der Waals surface area contributed by atoms with E-state index in [-0.39, 0.29) is 24.0 Å². The molecule has 2 unspecified atom stereocenters. The predicted molar refractivity (Wildman–Crippen MR) is 92.6 cm³/mol. The zero-order valence-corrected chi connectivity index (χ0v) is 14.9. The van der Waals surface area contributed by atoms with Gasteiger partial charge >= 0.3 is 5.97 Å². The van der Waals surface area contributed by atoms with Gasteiger partial charge in [-0.3, -0.25) is 4.79 Å². The van der Waals surface area contributed by atoms with E-state index in [0.29, 0.717) is 12.5 Å². The topological polar surface area (TPSA) is 46.6 Å². The molecule has 3 rings (SSSR count). The quantitative estimate of drug-likeness (QED) is 0.630. The molecule has 4 heteroatoms. The average molecular weight is 327 g/mol. The molecule has 24 heavy (non-hydrogen) atoms. The van der Waals surface area contributed by atoms with Crippen LogP contribution in [0.1, 0.15) is 55.0 Å². The maximum absolute atomic E-state index is 12.5. The van der Waals surface area contributed by atoms with Crippen molar-refractivity contribution in [2.45, 2.75) is 59.0 Å². The maximum Gasteiger partial charge on any atom is 0.343 e. The van der Waals surface area contributed by atoms with Gasteiger partial charge in [-0.25, -0.2) is 4.79 Å². The molecule has 2 atom stereocenters. The summed E-state index contributed by atoms with van der Waals surface area (Å²) < 4.78 is 5.05. The summed E-state index contributed by atoms with van der Waals surface area (Å²) in [6, 6.07) is 4.82. The van der Waals surface area contributed by atoms with Gasteiger partial charge < -0.3 is 9.64 Å². The molecule has 0 bridgehead atoms. The van der Waals surface area contributed by atoms with Crippen LogP contribution in [0.4, 0.5) is 0 Å². The van der Waals surface area contributed by atoms with Gasteiger partial charge in [0.1, 0.15) is 5.57 Å². The number of ether oxygens (including phenoxy) is 1. The lowest BCUT2D eigenvalue weighted by Crippen LogP contribution is -2.44. The molecule has 0 fully saturated rings. The van der Waals surface area contributed by atoms with Gasteiger partial charge in [-0.2, -0.15) is 0 Å². The number of hydrogen-bond donors (Lipinski definition) is 0. The SMILES string of the molecule is CCOC(=O)C1=CN2C(CC)Cc3cc(C)c(C)cc3C2CC1=O. The highest BCUT2D eigenvalue weighted by Gasteiger charge is 2.39. The van der Waals surface area contributed by atoms with Crippen LogP contribution in [0.2, 0.25) is 0 Å². The largest absolute Gasteiger partial charge is 0.462 e. The van der Waals surface area contributed by atoms with Crippen molar-refractivity contribution in [3.8, 4) is 0 Å². The van der Waals surface area contributed by atoms with Gasteiger partial charge in [-0.1, -0.05) is 19.1 Å². The van der Waals surface area contributed by atoms with Crippen molar-refractivity contribution in [2.24, 2.45) is 0 Å². The molecule has 0 saturated heterocycles. The molecule has 2 heterocycles. The average Bonchev–Trinajstić information content (AvgIpc) is 2.55. The number of carbonyl (C=O) groups excluding carboxylic acids is 2. The first-order valence-electron chi connectivity index (χ1n) is 8.75. The van der Waals surface area contributed by atoms with Crippen LogP contribution in [0.5, 0.6) is 0 Å². The lowest BCUT2D eigenvalue weighted by molar-refractivity contribution is -0.140. The van der Waals surface area contributed by atoms with Gasteiger partial charge in [-0.15, -0.1) is 0 Å². The molecule has 128 valence electrons. The number of aryl methyl sites for hydroxylation is 2. The van der Waals surface area contributed by atoms with Crippen LogP contribution in [-0.4, -0.2) is 29.3 Å². The third kappa shape index (κ3) is 2.74. The zero-order chi connectivity index (χ0) is 17.4. The molecule has 0 saturated carbocycles. The van der Waals surface area contributed by atoms with Crippen LogP contribution < -0.4 is 0 Å². The Balaban J connectivity index is 2.05. The Bertz CT molecular complexity index is 720. The molecule has 2 aliphatic heterocycles. The molecule has 0 aliphatic carbocycles. The molecule has 0 aromatic heterocycles. The van der Waals surface area contributed by atoms with E-state index in [2.05, 4.69) is 37.8 Å². The Morgan fingerprint density at radius 2 is 1.92 bits per heavy atom. The number of ketones is 1. The van der Waals surface area contributed by atoms with Gasteiger partial charge in [0.2, 0.25) is 0 Å². The van der Waals surface area contributed by atoms with E-state index < -0.39 is 5.97 Å². The highest BCUT2D eigenvalue weighted by atomic mass is 16.5. The van der Waals surface area contributed by atoms with Crippen LogP contribution in [-0.2, 0) is 20.7 Å². The number of Topliss-reactive ketones (excluding diaryl/α,β-unsaturated/α-hetero) is 1. The van der Waals surface area contributed by atoms with E-state index in [1.807, 2.05) is 0 Å². The smallest absolute Gasteiger partial charge is 0.343 e. The minimum atomic E-state index is -0.498. The fraction of sp³-hybridized carbons (Fsp3) is 0.500. The first-order valence-corrected chi connectivity index (χ1v) is 8.75. The monoisotopic (exact) mass is 327 g/mol. The Labute approximate surface area is 143 Å². The summed E-state index contributed by atoms with van der Waals surface area (Å²) in [4.78, 5) is 26.8. The fourth-order valence-corrected chi connectivity index (χ4v) is 3.81. The van der Waals surface area contributed by atoms with E-state index in [0.717, 1.165) is 12.8 Å². The summed E-state index contributed by atoms with van der Waals surface area (Å²) in [6.07, 6.45) is 4.02. The molecule has 4 nitrogen and oxygen atoms in total. The van der Waals surface area contributed by atoms with E-state index in [4.69, 9.17) is 4.74 Å². The first-order chi connectivity index (χ1) is 11.5. The van der Waals surface area contributed by atoms with Crippen LogP contribution >= 0.6 is 0 Å². The Kier molecular flexibility index (Phi) is 4.48. The predicted octanol–water partition coefficient (Wildman–Crippen LogP) is 3.40. The minimum absolute atomic E-state index is 0.0312. The Hall–Kier alpha value is -2.10. The van der Waals surface area contributed by atoms with Crippen LogP contribution in [0.3, 0.4) is 0 Å². The van der Waals surface area contributed by atoms with E-state index >= 15 is 0 Å². The number of benzene rings is 1. The summed E-state index contributed by atoms with van der Waals surface area (Å²) in [5.74, 6) is -0.614. The number of rotatable bonds is 3. The van der Waals surface area contributed by atoms with Crippen molar-refractivity contribution in [3.63, 3.8) is 0 Å². The van der Waals surface area contributed by atoms with Crippen molar-refractivity contribution in [3.05, 3.63) is 46.2 Å². The fourth-order valence-electron chi connectivity index (χ4n) is 3.81. The summed E-state index contributed by atoms with van der Waals surface area (Å²) >= 11 is 0. The minimum Gasteiger partial charge on any atom is -0.462 e. The number of nitrogens with zero attached hydrogens (tertiary/aromatic N) is 1. The molecule has 2 aliphatic rings. The molecule has 1 aromatic carbocycles. The van der Waals surface area contributed by atoms with Gasteiger partial charge in [0.25, 0.3) is 0 Å². The zero-order valence-electron chi connectivity index (χ0n) is 14.9. The van der Waals surface area contributed by atoms with Crippen molar-refractivity contribution in [1.82, 2.24) is 4.90 Å². The standard InChI is InChI=1S/C20H25NO3/c1-5-15-9-14-7-12(3)13(4)8-16(14)18-10-19(22)17(11-21(15)18)20(23)24-6-2/h7-8,11,15,18H,5-6,9-10H2,1-4H3. The summed E-state index contributed by atoms with van der Waals surface area (Å²) in [7, 11) is 0. The molecule has 0 amide bonds. The number of carbonyl (C=O) groups is 2. The Morgan fingerprint density at radius 1 is 1.21 bits per heavy atom. The molecule has 0 spiro atoms. The summed E-state index contributed by atoms with van der Waals surface area (Å²) in [6.45, 7) is 8.43. The summed E-state index contributed by atoms with van der Waals surface area (Å²) in [5, 5.41) is 0. The van der Waals surface area contributed by atoms with E-state index in [1.54, 1.807) is 13.1 Å². The normalized spacial score (nSPS) is 22.6. The van der Waals surface area contributed by atoms with Gasteiger partial charge in [0, 0.05) is 18.7 Å². The maximum atomic E-state index is 12.5. The van der Waals surface area contributed by atoms with E-state index in [1.165, 1.54) is 22.3 Å². The second kappa shape index (κ2) is 6.42. The number of esters is 1. The molecular formula is C20H25NO3. The highest BCUT2D eigenvalue weighted by molar-refractivity contribution is 6.17. The second-order valence-electron chi connectivity index (χ2n) is 6.76. The van der Waals surface area contributed by atoms with Crippen molar-refractivity contribution in [1.29, 1.82) is 0 Å². The molecule has 0 N–H and O–H groups in total. The third-order valence-electron chi connectivity index (χ3n) is 5.28. The van der Waals surface area contributed by atoms with Gasteiger partial charge in [-0.05, 0) is 55.9 Å². The van der Waals surface area contributed by atoms with Gasteiger partial charge in [0.05, 0.1) is 12.6 Å². The van der Waals surface area contributed by atoms with Crippen LogP contribution in [0.15, 0.2) is 23.9 Å². The number of fused-ring (bicyclic) bond motifs is 3. The first kappa shape index (κ1) is 16.7. The molecule has 1 aromatic rings. The van der Waals surface area contributed by atoms with Gasteiger partial charge in [0.15, 0.2) is 5.78 Å². The van der Waals surface area contributed by atoms with Crippen LogP contribution in [0, 0.1) is 13.8 Å². The van der Waals surface area contributed by atoms with Crippen LogP contribution in [0.25, 0.3) is 0 Å². The summed E-state index contributed by atoms with van der Waals surface area (Å²) in [5.41, 5.74) is 5.30. The highest BCUT2D eigenvalue weighted by Crippen LogP contribution is 2.41. The lowest BCUT2D eigenvalue weighted by Gasteiger charge is -2.45. The second-order valence-corrected chi connectivity index (χ2v) is 6.76. The van der Waals surface area contributed by atoms with Crippen molar-refractivity contribution < 1.29 is 14.3 Å².